The van der Waals surface area contributed by atoms with Crippen molar-refractivity contribution in [1.82, 2.24) is 9.88 Å². The molecule has 0 saturated heterocycles. The van der Waals surface area contributed by atoms with Gasteiger partial charge in [-0.3, -0.25) is 14.6 Å². The highest BCUT2D eigenvalue weighted by molar-refractivity contribution is 5.97. The highest BCUT2D eigenvalue weighted by Gasteiger charge is 2.32. The maximum Gasteiger partial charge on any atom is 0.256 e. The lowest BCUT2D eigenvalue weighted by molar-refractivity contribution is -0.122. The van der Waals surface area contributed by atoms with Gasteiger partial charge in [0.2, 0.25) is 5.91 Å². The minimum atomic E-state index is -0.589. The van der Waals surface area contributed by atoms with E-state index in [9.17, 15) is 9.59 Å². The number of aryl methyl sites for hydroxylation is 1. The van der Waals surface area contributed by atoms with Crippen molar-refractivity contribution in [3.63, 3.8) is 0 Å². The highest BCUT2D eigenvalue weighted by Crippen LogP contribution is 2.30. The predicted molar refractivity (Wildman–Crippen MR) is 71.4 cm³/mol. The molecule has 102 valence electrons. The van der Waals surface area contributed by atoms with E-state index in [-0.39, 0.29) is 5.91 Å². The third-order valence-corrected chi connectivity index (χ3v) is 3.41. The summed E-state index contributed by atoms with van der Waals surface area (Å²) in [5, 5.41) is 0. The molecular formula is C14H19N3O2. The van der Waals surface area contributed by atoms with Crippen LogP contribution >= 0.6 is 0 Å². The Labute approximate surface area is 112 Å². The molecule has 1 atom stereocenters. The molecule has 0 unspecified atom stereocenters. The van der Waals surface area contributed by atoms with E-state index in [2.05, 4.69) is 4.98 Å². The summed E-state index contributed by atoms with van der Waals surface area (Å²) in [5.74, 6) is -0.146. The Balaban J connectivity index is 2.21. The minimum absolute atomic E-state index is 0.172. The largest absolute Gasteiger partial charge is 0.368 e. The first-order valence-electron chi connectivity index (χ1n) is 6.51. The molecule has 1 aromatic rings. The van der Waals surface area contributed by atoms with Crippen LogP contribution in [-0.2, 0) is 4.79 Å². The maximum absolute atomic E-state index is 12.5. The third-order valence-electron chi connectivity index (χ3n) is 3.41. The number of hydrogen-bond donors (Lipinski definition) is 1. The van der Waals surface area contributed by atoms with Gasteiger partial charge < -0.3 is 10.6 Å². The second-order valence-corrected chi connectivity index (χ2v) is 5.23. The summed E-state index contributed by atoms with van der Waals surface area (Å²) in [4.78, 5) is 29.4. The Morgan fingerprint density at radius 3 is 2.68 bits per heavy atom. The first-order chi connectivity index (χ1) is 8.99. The summed E-state index contributed by atoms with van der Waals surface area (Å²) in [7, 11) is 0. The summed E-state index contributed by atoms with van der Waals surface area (Å²) in [6, 6.07) is 1.19. The van der Waals surface area contributed by atoms with Crippen molar-refractivity contribution >= 4 is 11.8 Å². The zero-order valence-electron chi connectivity index (χ0n) is 11.3. The van der Waals surface area contributed by atoms with Crippen LogP contribution in [0.4, 0.5) is 0 Å². The number of nitrogens with zero attached hydrogens (tertiary/aromatic N) is 2. The summed E-state index contributed by atoms with van der Waals surface area (Å²) < 4.78 is 0. The lowest BCUT2D eigenvalue weighted by atomic mass is 10.1. The van der Waals surface area contributed by atoms with Crippen LogP contribution in [0.15, 0.2) is 18.5 Å². The molecule has 1 heterocycles. The minimum Gasteiger partial charge on any atom is -0.368 e. The van der Waals surface area contributed by atoms with E-state index in [1.807, 2.05) is 6.92 Å². The van der Waals surface area contributed by atoms with Crippen molar-refractivity contribution in [2.75, 3.05) is 6.54 Å². The van der Waals surface area contributed by atoms with E-state index in [1.54, 1.807) is 24.1 Å². The first kappa shape index (κ1) is 13.5. The number of pyridine rings is 1. The number of rotatable bonds is 5. The van der Waals surface area contributed by atoms with Gasteiger partial charge in [-0.1, -0.05) is 0 Å². The van der Waals surface area contributed by atoms with Crippen molar-refractivity contribution in [3.8, 4) is 0 Å². The lowest BCUT2D eigenvalue weighted by Gasteiger charge is -2.27. The zero-order valence-corrected chi connectivity index (χ0v) is 11.3. The normalized spacial score (nSPS) is 15.9. The molecule has 1 saturated carbocycles. The molecule has 2 N–H and O–H groups in total. The van der Waals surface area contributed by atoms with E-state index in [0.717, 1.165) is 18.4 Å². The third kappa shape index (κ3) is 3.30. The van der Waals surface area contributed by atoms with Crippen LogP contribution in [0.25, 0.3) is 0 Å². The van der Waals surface area contributed by atoms with Gasteiger partial charge in [-0.15, -0.1) is 0 Å². The van der Waals surface area contributed by atoms with Crippen molar-refractivity contribution in [2.24, 2.45) is 11.7 Å². The number of primary amides is 1. The smallest absolute Gasteiger partial charge is 0.256 e. The average molecular weight is 261 g/mol. The number of hydrogen-bond acceptors (Lipinski definition) is 3. The molecule has 1 aromatic heterocycles. The Kier molecular flexibility index (Phi) is 3.83. The lowest BCUT2D eigenvalue weighted by Crippen LogP contribution is -2.47. The monoisotopic (exact) mass is 261 g/mol. The van der Waals surface area contributed by atoms with Crippen LogP contribution in [-0.4, -0.2) is 34.3 Å². The summed E-state index contributed by atoms with van der Waals surface area (Å²) in [5.41, 5.74) is 6.76. The van der Waals surface area contributed by atoms with Crippen molar-refractivity contribution in [1.29, 1.82) is 0 Å². The molecule has 0 spiro atoms. The van der Waals surface area contributed by atoms with Crippen LogP contribution in [0.5, 0.6) is 0 Å². The van der Waals surface area contributed by atoms with Crippen LogP contribution in [0, 0.1) is 12.8 Å². The van der Waals surface area contributed by atoms with Gasteiger partial charge in [0.05, 0.1) is 5.56 Å². The molecule has 0 radical (unpaired) electrons. The molecule has 2 amide bonds. The number of aromatic nitrogens is 1. The van der Waals surface area contributed by atoms with Gasteiger partial charge in [0.25, 0.3) is 5.91 Å². The fraction of sp³-hybridized carbons (Fsp3) is 0.500. The summed E-state index contributed by atoms with van der Waals surface area (Å²) in [6.45, 7) is 4.15. The van der Waals surface area contributed by atoms with E-state index in [0.29, 0.717) is 18.0 Å². The van der Waals surface area contributed by atoms with Crippen molar-refractivity contribution in [3.05, 3.63) is 29.6 Å². The second kappa shape index (κ2) is 5.38. The Morgan fingerprint density at radius 2 is 2.16 bits per heavy atom. The molecule has 1 aliphatic rings. The van der Waals surface area contributed by atoms with Gasteiger partial charge >= 0.3 is 0 Å². The fourth-order valence-electron chi connectivity index (χ4n) is 1.99. The molecule has 5 heteroatoms. The Hall–Kier alpha value is -1.91. The Bertz CT molecular complexity index is 497. The first-order valence-corrected chi connectivity index (χ1v) is 6.51. The summed E-state index contributed by atoms with van der Waals surface area (Å²) >= 11 is 0. The average Bonchev–Trinajstić information content (AvgIpc) is 3.18. The summed E-state index contributed by atoms with van der Waals surface area (Å²) in [6.07, 6.45) is 5.45. The Morgan fingerprint density at radius 1 is 1.47 bits per heavy atom. The van der Waals surface area contributed by atoms with E-state index in [1.165, 1.54) is 6.20 Å². The van der Waals surface area contributed by atoms with E-state index < -0.39 is 11.9 Å². The second-order valence-electron chi connectivity index (χ2n) is 5.23. The number of amides is 2. The van der Waals surface area contributed by atoms with Crippen molar-refractivity contribution < 1.29 is 9.59 Å². The SMILES string of the molecule is Cc1cncc(C(=O)N(CC2CC2)[C@@H](C)C(N)=O)c1. The molecule has 0 bridgehead atoms. The van der Waals surface area contributed by atoms with Gasteiger partial charge in [0.1, 0.15) is 6.04 Å². The standard InChI is InChI=1S/C14H19N3O2/c1-9-5-12(7-16-6-9)14(19)17(8-11-3-4-11)10(2)13(15)18/h5-7,10-11H,3-4,8H2,1-2H3,(H2,15,18)/t10-/m0/s1. The molecule has 19 heavy (non-hydrogen) atoms. The quantitative estimate of drug-likeness (QED) is 0.862. The van der Waals surface area contributed by atoms with Gasteiger partial charge in [-0.2, -0.15) is 0 Å². The number of nitrogens with two attached hydrogens (primary N) is 1. The highest BCUT2D eigenvalue weighted by atomic mass is 16.2. The van der Waals surface area contributed by atoms with Gasteiger partial charge in [0.15, 0.2) is 0 Å². The predicted octanol–water partition coefficient (Wildman–Crippen LogP) is 1.12. The molecular weight excluding hydrogens is 242 g/mol. The van der Waals surface area contributed by atoms with Crippen molar-refractivity contribution in [2.45, 2.75) is 32.7 Å². The van der Waals surface area contributed by atoms with Gasteiger partial charge in [0, 0.05) is 18.9 Å². The molecule has 1 fully saturated rings. The van der Waals surface area contributed by atoms with Gasteiger partial charge in [-0.05, 0) is 44.2 Å². The van der Waals surface area contributed by atoms with Crippen LogP contribution in [0.3, 0.4) is 0 Å². The van der Waals surface area contributed by atoms with Crippen LogP contribution in [0.1, 0.15) is 35.7 Å². The maximum atomic E-state index is 12.5. The van der Waals surface area contributed by atoms with Crippen LogP contribution < -0.4 is 5.73 Å². The molecule has 0 aliphatic heterocycles. The molecule has 1 aliphatic carbocycles. The number of carbonyl (C=O) groups excluding carboxylic acids is 2. The number of carbonyl (C=O) groups is 2. The molecule has 2 rings (SSSR count). The topological polar surface area (TPSA) is 76.3 Å². The van der Waals surface area contributed by atoms with Gasteiger partial charge in [-0.25, -0.2) is 0 Å². The molecule has 0 aromatic carbocycles. The molecule has 5 nitrogen and oxygen atoms in total. The van der Waals surface area contributed by atoms with E-state index in [4.69, 9.17) is 5.73 Å². The van der Waals surface area contributed by atoms with E-state index >= 15 is 0 Å². The van der Waals surface area contributed by atoms with Crippen LogP contribution in [0.2, 0.25) is 0 Å². The fourth-order valence-corrected chi connectivity index (χ4v) is 1.99. The zero-order chi connectivity index (χ0) is 14.0.